The normalized spacial score (nSPS) is 12.4. The number of para-hydroxylation sites is 3. The molecule has 0 saturated heterocycles. The molecular weight excluding hydrogens is 613 g/mol. The van der Waals surface area contributed by atoms with E-state index in [1.165, 1.54) is 91.8 Å². The summed E-state index contributed by atoms with van der Waals surface area (Å²) in [7, 11) is 0. The van der Waals surface area contributed by atoms with Crippen molar-refractivity contribution in [1.29, 1.82) is 0 Å². The van der Waals surface area contributed by atoms with Crippen molar-refractivity contribution in [2.24, 2.45) is 0 Å². The first-order valence-corrected chi connectivity index (χ1v) is 17.8. The van der Waals surface area contributed by atoms with Crippen LogP contribution in [0.25, 0.3) is 86.3 Å². The zero-order valence-electron chi connectivity index (χ0n) is 27.7. The standard InChI is InChI=1S/C46H34N2S/c1-46(2,3)30-22-20-29(21-23-30)32-12-4-8-16-39(32)48-41-18-10-6-13-33(41)36-26-31(24-25-42(36)48)47-40-17-9-5-14-34(40)37-27-38-35-15-7-11-19-44(35)49-45(38)28-43(37)47/h4-28H,1-3H3. The summed E-state index contributed by atoms with van der Waals surface area (Å²) in [5.41, 5.74) is 11.2. The summed E-state index contributed by atoms with van der Waals surface area (Å²) in [4.78, 5) is 0. The Balaban J connectivity index is 1.21. The number of fused-ring (bicyclic) bond motifs is 9. The molecule has 0 aliphatic heterocycles. The summed E-state index contributed by atoms with van der Waals surface area (Å²) in [5.74, 6) is 0. The summed E-state index contributed by atoms with van der Waals surface area (Å²) in [6, 6.07) is 56.2. The molecule has 10 aromatic rings. The van der Waals surface area contributed by atoms with E-state index >= 15 is 0 Å². The van der Waals surface area contributed by atoms with Gasteiger partial charge in [-0.15, -0.1) is 11.3 Å². The van der Waals surface area contributed by atoms with Gasteiger partial charge in [-0.25, -0.2) is 0 Å². The van der Waals surface area contributed by atoms with Crippen LogP contribution in [-0.2, 0) is 5.41 Å². The molecule has 49 heavy (non-hydrogen) atoms. The first-order chi connectivity index (χ1) is 23.9. The zero-order chi connectivity index (χ0) is 32.9. The van der Waals surface area contributed by atoms with Gasteiger partial charge in [-0.2, -0.15) is 0 Å². The van der Waals surface area contributed by atoms with Crippen LogP contribution in [0.2, 0.25) is 0 Å². The number of hydrogen-bond acceptors (Lipinski definition) is 1. The van der Waals surface area contributed by atoms with Gasteiger partial charge >= 0.3 is 0 Å². The van der Waals surface area contributed by atoms with Crippen molar-refractivity contribution in [3.8, 4) is 22.5 Å². The average Bonchev–Trinajstić information content (AvgIpc) is 3.77. The summed E-state index contributed by atoms with van der Waals surface area (Å²) in [5, 5.41) is 7.75. The van der Waals surface area contributed by atoms with Gasteiger partial charge in [-0.1, -0.05) is 118 Å². The van der Waals surface area contributed by atoms with Gasteiger partial charge in [0.25, 0.3) is 0 Å². The van der Waals surface area contributed by atoms with Crippen LogP contribution < -0.4 is 0 Å². The maximum Gasteiger partial charge on any atom is 0.0555 e. The Morgan fingerprint density at radius 2 is 1.04 bits per heavy atom. The minimum absolute atomic E-state index is 0.114. The smallest absolute Gasteiger partial charge is 0.0555 e. The lowest BCUT2D eigenvalue weighted by molar-refractivity contribution is 0.590. The molecule has 0 aliphatic carbocycles. The summed E-state index contributed by atoms with van der Waals surface area (Å²) in [6.07, 6.45) is 0. The van der Waals surface area contributed by atoms with Crippen LogP contribution in [0.5, 0.6) is 0 Å². The van der Waals surface area contributed by atoms with Gasteiger partial charge in [-0.05, 0) is 71.1 Å². The molecule has 3 heteroatoms. The lowest BCUT2D eigenvalue weighted by Crippen LogP contribution is -2.10. The molecule has 0 saturated carbocycles. The van der Waals surface area contributed by atoms with Crippen molar-refractivity contribution in [3.05, 3.63) is 157 Å². The van der Waals surface area contributed by atoms with Gasteiger partial charge in [0.15, 0.2) is 0 Å². The van der Waals surface area contributed by atoms with Gasteiger partial charge < -0.3 is 9.13 Å². The summed E-state index contributed by atoms with van der Waals surface area (Å²) >= 11 is 1.88. The fraction of sp³-hybridized carbons (Fsp3) is 0.0870. The predicted molar refractivity (Wildman–Crippen MR) is 212 cm³/mol. The average molecular weight is 647 g/mol. The Hall–Kier alpha value is -5.64. The third-order valence-corrected chi connectivity index (χ3v) is 11.4. The molecule has 0 spiro atoms. The lowest BCUT2D eigenvalue weighted by Gasteiger charge is -2.20. The van der Waals surface area contributed by atoms with E-state index in [4.69, 9.17) is 0 Å². The molecule has 0 atom stereocenters. The van der Waals surface area contributed by atoms with Crippen LogP contribution in [-0.4, -0.2) is 9.13 Å². The molecule has 0 bridgehead atoms. The summed E-state index contributed by atoms with van der Waals surface area (Å²) < 4.78 is 7.57. The minimum atomic E-state index is 0.114. The second kappa shape index (κ2) is 10.4. The summed E-state index contributed by atoms with van der Waals surface area (Å²) in [6.45, 7) is 6.81. The van der Waals surface area contributed by atoms with Crippen LogP contribution in [0.4, 0.5) is 0 Å². The molecule has 0 amide bonds. The molecule has 10 rings (SSSR count). The Morgan fingerprint density at radius 1 is 0.429 bits per heavy atom. The zero-order valence-corrected chi connectivity index (χ0v) is 28.6. The fourth-order valence-corrected chi connectivity index (χ4v) is 9.01. The van der Waals surface area contributed by atoms with E-state index < -0.39 is 0 Å². The maximum absolute atomic E-state index is 2.46. The van der Waals surface area contributed by atoms with Crippen LogP contribution in [0.3, 0.4) is 0 Å². The van der Waals surface area contributed by atoms with E-state index in [0.717, 1.165) is 0 Å². The highest BCUT2D eigenvalue weighted by Crippen LogP contribution is 2.42. The number of hydrogen-bond donors (Lipinski definition) is 0. The molecule has 3 heterocycles. The topological polar surface area (TPSA) is 9.86 Å². The van der Waals surface area contributed by atoms with Crippen LogP contribution in [0.15, 0.2) is 152 Å². The quantitative estimate of drug-likeness (QED) is 0.181. The Morgan fingerprint density at radius 3 is 1.80 bits per heavy atom. The predicted octanol–water partition coefficient (Wildman–Crippen LogP) is 13.2. The van der Waals surface area contributed by atoms with E-state index in [1.807, 2.05) is 11.3 Å². The molecule has 0 fully saturated rings. The molecule has 234 valence electrons. The molecule has 0 N–H and O–H groups in total. The van der Waals surface area contributed by atoms with E-state index in [0.29, 0.717) is 0 Å². The van der Waals surface area contributed by atoms with Gasteiger partial charge in [0.1, 0.15) is 0 Å². The molecule has 2 nitrogen and oxygen atoms in total. The van der Waals surface area contributed by atoms with E-state index in [2.05, 4.69) is 182 Å². The first kappa shape index (κ1) is 28.4. The fourth-order valence-electron chi connectivity index (χ4n) is 7.89. The number of aromatic nitrogens is 2. The van der Waals surface area contributed by atoms with Crippen molar-refractivity contribution < 1.29 is 0 Å². The molecule has 0 aliphatic rings. The minimum Gasteiger partial charge on any atom is -0.309 e. The Bertz CT molecular complexity index is 2910. The van der Waals surface area contributed by atoms with Crippen molar-refractivity contribution in [3.63, 3.8) is 0 Å². The van der Waals surface area contributed by atoms with Crippen molar-refractivity contribution in [2.75, 3.05) is 0 Å². The van der Waals surface area contributed by atoms with Crippen molar-refractivity contribution in [1.82, 2.24) is 9.13 Å². The molecular formula is C46H34N2S. The SMILES string of the molecule is CC(C)(C)c1ccc(-c2ccccc2-n2c3ccccc3c3cc(-n4c5ccccc5c5cc6c(cc54)sc4ccccc46)ccc32)cc1. The highest BCUT2D eigenvalue weighted by atomic mass is 32.1. The third-order valence-electron chi connectivity index (χ3n) is 10.3. The van der Waals surface area contributed by atoms with Gasteiger partial charge in [-0.3, -0.25) is 0 Å². The third kappa shape index (κ3) is 4.25. The molecule has 0 unspecified atom stereocenters. The van der Waals surface area contributed by atoms with Gasteiger partial charge in [0, 0.05) is 53.0 Å². The van der Waals surface area contributed by atoms with Crippen molar-refractivity contribution >= 4 is 75.1 Å². The van der Waals surface area contributed by atoms with Gasteiger partial charge in [0.05, 0.1) is 27.8 Å². The molecule has 7 aromatic carbocycles. The highest BCUT2D eigenvalue weighted by molar-refractivity contribution is 7.25. The largest absolute Gasteiger partial charge is 0.309 e. The first-order valence-electron chi connectivity index (χ1n) is 17.0. The van der Waals surface area contributed by atoms with Gasteiger partial charge in [0.2, 0.25) is 0 Å². The monoisotopic (exact) mass is 646 g/mol. The van der Waals surface area contributed by atoms with E-state index in [1.54, 1.807) is 0 Å². The van der Waals surface area contributed by atoms with Crippen LogP contribution in [0.1, 0.15) is 26.3 Å². The number of benzene rings is 7. The van der Waals surface area contributed by atoms with Crippen LogP contribution in [0, 0.1) is 0 Å². The Kier molecular flexibility index (Phi) is 6.04. The van der Waals surface area contributed by atoms with Crippen molar-refractivity contribution in [2.45, 2.75) is 26.2 Å². The number of thiophene rings is 1. The maximum atomic E-state index is 2.46. The highest BCUT2D eigenvalue weighted by Gasteiger charge is 2.20. The number of nitrogens with zero attached hydrogens (tertiary/aromatic N) is 2. The lowest BCUT2D eigenvalue weighted by atomic mass is 9.86. The van der Waals surface area contributed by atoms with E-state index in [-0.39, 0.29) is 5.41 Å². The van der Waals surface area contributed by atoms with E-state index in [9.17, 15) is 0 Å². The number of rotatable bonds is 3. The Labute approximate surface area is 289 Å². The van der Waals surface area contributed by atoms with Crippen LogP contribution >= 0.6 is 11.3 Å². The molecule has 0 radical (unpaired) electrons. The second-order valence-corrected chi connectivity index (χ2v) is 15.3. The molecule has 3 aromatic heterocycles. The second-order valence-electron chi connectivity index (χ2n) is 14.2.